The molecule has 4 aromatic carbocycles. The maximum absolute atomic E-state index is 12.0. The first kappa shape index (κ1) is 36.5. The highest BCUT2D eigenvalue weighted by Gasteiger charge is 2.24. The number of hydrogen-bond acceptors (Lipinski definition) is 16. The van der Waals surface area contributed by atoms with Gasteiger partial charge in [-0.25, -0.2) is 10.1 Å². The Balaban J connectivity index is 1.81. The number of amidine groups is 1. The summed E-state index contributed by atoms with van der Waals surface area (Å²) in [7, 11) is -8.53. The average molecular weight is 734 g/mol. The molecule has 49 heavy (non-hydrogen) atoms. The van der Waals surface area contributed by atoms with Gasteiger partial charge in [-0.2, -0.15) is 32.2 Å². The van der Waals surface area contributed by atoms with Crippen LogP contribution in [0, 0.1) is 0 Å². The predicted molar refractivity (Wildman–Crippen MR) is 173 cm³/mol. The fourth-order valence-electron chi connectivity index (χ4n) is 3.77. The first-order chi connectivity index (χ1) is 23.2. The first-order valence-corrected chi connectivity index (χ1v) is 16.7. The van der Waals surface area contributed by atoms with Crippen LogP contribution < -0.4 is 10.7 Å². The van der Waals surface area contributed by atoms with Crippen LogP contribution in [0.5, 0.6) is 5.75 Å². The van der Waals surface area contributed by atoms with Gasteiger partial charge in [0.05, 0.1) is 39.6 Å². The molecule has 256 valence electrons. The van der Waals surface area contributed by atoms with Crippen LogP contribution >= 0.6 is 12.0 Å². The van der Waals surface area contributed by atoms with Gasteiger partial charge in [-0.15, -0.1) is 14.6 Å². The Kier molecular flexibility index (Phi) is 11.7. The van der Waals surface area contributed by atoms with Gasteiger partial charge in [-0.1, -0.05) is 17.2 Å². The van der Waals surface area contributed by atoms with Gasteiger partial charge in [0.15, 0.2) is 5.75 Å². The van der Waals surface area contributed by atoms with Gasteiger partial charge in [-0.05, 0) is 66.7 Å². The minimum Gasteiger partial charge on any atom is -0.504 e. The lowest BCUT2D eigenvalue weighted by Crippen LogP contribution is -2.06. The van der Waals surface area contributed by atoms with E-state index in [-0.39, 0.29) is 33.2 Å². The van der Waals surface area contributed by atoms with E-state index >= 15 is 0 Å². The second-order valence-corrected chi connectivity index (χ2v) is 12.9. The standard InChI is InChI=1S/C27H23N7O12S3/c1-28-16-5-7-17(8-6-16)29-30-18-4-2-3-15(11-18)26(33-31-22-10-9-19(47-46-45-38)12-21(22)27(36)37)34-32-23-13-20(48(39,40)41)14-24(25(23)35)49(42,43)44/h2-14,28,31,35,38H,1H3,(H,36,37)(H,39,40,41)(H,42,43,44). The molecule has 7 N–H and O–H groups in total. The summed E-state index contributed by atoms with van der Waals surface area (Å²) in [5.74, 6) is -2.97. The van der Waals surface area contributed by atoms with Crippen LogP contribution in [0.2, 0.25) is 0 Å². The summed E-state index contributed by atoms with van der Waals surface area (Å²) >= 11 is 0.501. The molecule has 0 aliphatic rings. The Morgan fingerprint density at radius 1 is 0.857 bits per heavy atom. The van der Waals surface area contributed by atoms with Crippen molar-refractivity contribution in [1.82, 2.24) is 0 Å². The molecule has 0 aliphatic carbocycles. The molecule has 0 spiro atoms. The zero-order valence-corrected chi connectivity index (χ0v) is 27.0. The van der Waals surface area contributed by atoms with Crippen LogP contribution in [0.15, 0.2) is 119 Å². The van der Waals surface area contributed by atoms with Crippen molar-refractivity contribution < 1.29 is 55.6 Å². The van der Waals surface area contributed by atoms with Gasteiger partial charge in [-0.3, -0.25) is 14.5 Å². The summed E-state index contributed by atoms with van der Waals surface area (Å²) in [5, 5.41) is 55.2. The van der Waals surface area contributed by atoms with E-state index in [9.17, 15) is 40.9 Å². The monoisotopic (exact) mass is 733 g/mol. The highest BCUT2D eigenvalue weighted by Crippen LogP contribution is 2.37. The molecule has 19 nitrogen and oxygen atoms in total. The maximum atomic E-state index is 12.0. The summed E-state index contributed by atoms with van der Waals surface area (Å²) < 4.78 is 70.5. The number of nitrogens with zero attached hydrogens (tertiary/aromatic N) is 5. The van der Waals surface area contributed by atoms with Crippen LogP contribution in [0.4, 0.5) is 28.4 Å². The van der Waals surface area contributed by atoms with Crippen LogP contribution in [-0.4, -0.2) is 60.3 Å². The predicted octanol–water partition coefficient (Wildman–Crippen LogP) is 6.03. The van der Waals surface area contributed by atoms with Crippen molar-refractivity contribution in [2.24, 2.45) is 25.6 Å². The minimum atomic E-state index is -5.22. The number of aromatic hydroxyl groups is 1. The molecule has 0 atom stereocenters. The van der Waals surface area contributed by atoms with Crippen LogP contribution in [0.1, 0.15) is 15.9 Å². The minimum absolute atomic E-state index is 0.0831. The van der Waals surface area contributed by atoms with Crippen molar-refractivity contribution in [2.45, 2.75) is 14.7 Å². The molecule has 0 fully saturated rings. The van der Waals surface area contributed by atoms with E-state index in [2.05, 4.69) is 45.7 Å². The molecule has 4 rings (SSSR count). The molecule has 0 unspecified atom stereocenters. The van der Waals surface area contributed by atoms with E-state index in [4.69, 9.17) is 5.26 Å². The van der Waals surface area contributed by atoms with Crippen LogP contribution in [-0.2, 0) is 29.6 Å². The first-order valence-electron chi connectivity index (χ1n) is 13.1. The molecule has 0 saturated carbocycles. The van der Waals surface area contributed by atoms with Crippen molar-refractivity contribution in [3.8, 4) is 5.75 Å². The molecule has 0 aliphatic heterocycles. The third kappa shape index (κ3) is 9.84. The average Bonchev–Trinajstić information content (AvgIpc) is 3.06. The second-order valence-electron chi connectivity index (χ2n) is 9.27. The SMILES string of the molecule is CNc1ccc(N=Nc2cccc(C(N=Nc3cc(S(=O)(=O)O)cc(S(=O)(=O)O)c3O)=NNc3ccc(SOOO)cc3C(=O)O)c2)cc1. The lowest BCUT2D eigenvalue weighted by molar-refractivity contribution is -0.432. The number of nitrogens with one attached hydrogen (secondary N) is 2. The van der Waals surface area contributed by atoms with Crippen molar-refractivity contribution in [3.05, 3.63) is 90.0 Å². The number of benzene rings is 4. The summed E-state index contributed by atoms with van der Waals surface area (Å²) in [5.41, 5.74) is 3.08. The smallest absolute Gasteiger partial charge is 0.337 e. The van der Waals surface area contributed by atoms with Gasteiger partial charge in [0, 0.05) is 23.2 Å². The maximum Gasteiger partial charge on any atom is 0.337 e. The molecule has 0 saturated heterocycles. The van der Waals surface area contributed by atoms with Gasteiger partial charge < -0.3 is 15.5 Å². The van der Waals surface area contributed by atoms with Gasteiger partial charge in [0.2, 0.25) is 5.84 Å². The molecule has 0 bridgehead atoms. The number of carboxylic acid groups (broad SMARTS) is 1. The number of carbonyl (C=O) groups is 1. The normalized spacial score (nSPS) is 12.4. The highest BCUT2D eigenvalue weighted by molar-refractivity contribution is 7.94. The van der Waals surface area contributed by atoms with E-state index in [1.807, 2.05) is 0 Å². The summed E-state index contributed by atoms with van der Waals surface area (Å²) in [6.07, 6.45) is 0. The lowest BCUT2D eigenvalue weighted by Gasteiger charge is -2.09. The van der Waals surface area contributed by atoms with Crippen LogP contribution in [0.25, 0.3) is 0 Å². The summed E-state index contributed by atoms with van der Waals surface area (Å²) in [6.45, 7) is 0. The zero-order chi connectivity index (χ0) is 35.8. The topological polar surface area (TPSA) is 291 Å². The second kappa shape index (κ2) is 15.7. The number of aromatic carboxylic acids is 1. The molecule has 22 heteroatoms. The van der Waals surface area contributed by atoms with Crippen molar-refractivity contribution in [1.29, 1.82) is 0 Å². The number of hydrogen-bond donors (Lipinski definition) is 7. The zero-order valence-electron chi connectivity index (χ0n) is 24.6. The number of carboxylic acids is 1. The third-order valence-electron chi connectivity index (χ3n) is 6.06. The summed E-state index contributed by atoms with van der Waals surface area (Å²) in [4.78, 5) is 9.82. The van der Waals surface area contributed by atoms with E-state index in [0.717, 1.165) is 11.8 Å². The van der Waals surface area contributed by atoms with Gasteiger partial charge >= 0.3 is 5.97 Å². The van der Waals surface area contributed by atoms with Crippen molar-refractivity contribution in [3.63, 3.8) is 0 Å². The van der Waals surface area contributed by atoms with E-state index in [0.29, 0.717) is 29.9 Å². The van der Waals surface area contributed by atoms with E-state index in [1.54, 1.807) is 37.4 Å². The molecule has 4 aromatic rings. The molecular weight excluding hydrogens is 711 g/mol. The quantitative estimate of drug-likeness (QED) is 0.0157. The van der Waals surface area contributed by atoms with E-state index < -0.39 is 47.4 Å². The number of phenolic OH excluding ortho intramolecular Hbond substituents is 1. The van der Waals surface area contributed by atoms with Crippen molar-refractivity contribution in [2.75, 3.05) is 17.8 Å². The van der Waals surface area contributed by atoms with E-state index in [1.165, 1.54) is 30.3 Å². The molecule has 0 amide bonds. The Morgan fingerprint density at radius 2 is 1.57 bits per heavy atom. The Bertz CT molecular complexity index is 2180. The van der Waals surface area contributed by atoms with Gasteiger partial charge in [0.25, 0.3) is 20.2 Å². The highest BCUT2D eigenvalue weighted by atomic mass is 32.2. The molecular formula is C27H23N7O12S3. The molecule has 0 radical (unpaired) electrons. The van der Waals surface area contributed by atoms with Gasteiger partial charge in [0.1, 0.15) is 10.6 Å². The summed E-state index contributed by atoms with van der Waals surface area (Å²) in [6, 6.07) is 17.7. The Morgan fingerprint density at radius 3 is 2.20 bits per heavy atom. The lowest BCUT2D eigenvalue weighted by atomic mass is 10.2. The molecule has 0 heterocycles. The molecule has 0 aromatic heterocycles. The number of anilines is 2. The van der Waals surface area contributed by atoms with Crippen LogP contribution in [0.3, 0.4) is 0 Å². The fraction of sp³-hybridized carbons (Fsp3) is 0.0370. The Labute approximate surface area is 281 Å². The number of azo groups is 2. The largest absolute Gasteiger partial charge is 0.504 e. The number of hydrazone groups is 1. The Hall–Kier alpha value is -5.33. The van der Waals surface area contributed by atoms with Crippen molar-refractivity contribution >= 4 is 72.5 Å². The third-order valence-corrected chi connectivity index (χ3v) is 8.34. The number of rotatable bonds is 13. The fourth-order valence-corrected chi connectivity index (χ4v) is 5.40. The number of phenols is 1.